The lowest BCUT2D eigenvalue weighted by Crippen LogP contribution is -2.51. The summed E-state index contributed by atoms with van der Waals surface area (Å²) in [6, 6.07) is 11.0. The molecule has 0 radical (unpaired) electrons. The molecule has 6 nitrogen and oxygen atoms in total. The minimum atomic E-state index is -0.578. The van der Waals surface area contributed by atoms with Crippen LogP contribution in [0.1, 0.15) is 44.1 Å². The van der Waals surface area contributed by atoms with Crippen molar-refractivity contribution in [3.05, 3.63) is 59.4 Å². The van der Waals surface area contributed by atoms with E-state index >= 15 is 0 Å². The fourth-order valence-corrected chi connectivity index (χ4v) is 7.66. The summed E-state index contributed by atoms with van der Waals surface area (Å²) in [6.45, 7) is 0.597. The van der Waals surface area contributed by atoms with Gasteiger partial charge >= 0.3 is 0 Å². The fraction of sp³-hybridized carbons (Fsp3) is 0.519. The number of rotatable bonds is 7. The number of nitrogens with two attached hydrogens (primary N) is 1. The molecule has 0 spiro atoms. The van der Waals surface area contributed by atoms with Crippen LogP contribution in [0, 0.1) is 29.1 Å². The van der Waals surface area contributed by atoms with Gasteiger partial charge in [0.15, 0.2) is 0 Å². The van der Waals surface area contributed by atoms with Crippen molar-refractivity contribution in [2.45, 2.75) is 50.0 Å². The molecule has 2 amide bonds. The lowest BCUT2D eigenvalue weighted by molar-refractivity contribution is -0.128. The van der Waals surface area contributed by atoms with Crippen LogP contribution in [0.15, 0.2) is 48.8 Å². The molecule has 34 heavy (non-hydrogen) atoms. The molecule has 0 aliphatic heterocycles. The Balaban J connectivity index is 1.14. The molecule has 1 aromatic carbocycles. The van der Waals surface area contributed by atoms with E-state index in [9.17, 15) is 9.59 Å². The first-order valence-corrected chi connectivity index (χ1v) is 12.8. The summed E-state index contributed by atoms with van der Waals surface area (Å²) < 4.78 is 0. The second-order valence-electron chi connectivity index (χ2n) is 11.1. The van der Waals surface area contributed by atoms with Gasteiger partial charge in [-0.15, -0.1) is 0 Å². The molecule has 5 saturated carbocycles. The zero-order valence-corrected chi connectivity index (χ0v) is 19.9. The molecule has 1 heterocycles. The molecular weight excluding hydrogens is 448 g/mol. The second-order valence-corrected chi connectivity index (χ2v) is 11.5. The van der Waals surface area contributed by atoms with E-state index in [1.165, 1.54) is 5.56 Å². The maximum absolute atomic E-state index is 13.5. The molecule has 178 valence electrons. The van der Waals surface area contributed by atoms with Crippen LogP contribution < -0.4 is 16.4 Å². The number of carbonyl (C=O) groups excluding carboxylic acids is 2. The topological polar surface area (TPSA) is 97.1 Å². The van der Waals surface area contributed by atoms with Crippen molar-refractivity contribution in [3.63, 3.8) is 0 Å². The number of anilines is 1. The van der Waals surface area contributed by atoms with Gasteiger partial charge in [0.2, 0.25) is 11.8 Å². The Morgan fingerprint density at radius 3 is 2.53 bits per heavy atom. The number of hydrogen-bond donors (Lipinski definition) is 3. The highest BCUT2D eigenvalue weighted by molar-refractivity contribution is 6.30. The summed E-state index contributed by atoms with van der Waals surface area (Å²) in [5.74, 6) is 1.15. The number of amides is 2. The summed E-state index contributed by atoms with van der Waals surface area (Å²) >= 11 is 6.05. The highest BCUT2D eigenvalue weighted by Gasteiger charge is 2.67. The maximum atomic E-state index is 13.5. The number of aromatic nitrogens is 1. The van der Waals surface area contributed by atoms with Gasteiger partial charge in [0.05, 0.1) is 11.5 Å². The Morgan fingerprint density at radius 2 is 1.82 bits per heavy atom. The van der Waals surface area contributed by atoms with Crippen molar-refractivity contribution >= 4 is 29.1 Å². The number of hydrogen-bond acceptors (Lipinski definition) is 4. The van der Waals surface area contributed by atoms with Crippen LogP contribution in [0.2, 0.25) is 5.02 Å². The number of pyridine rings is 1. The molecule has 5 unspecified atom stereocenters. The molecule has 7 heteroatoms. The normalized spacial score (nSPS) is 32.9. The highest BCUT2D eigenvalue weighted by Crippen LogP contribution is 2.68. The van der Waals surface area contributed by atoms with Crippen LogP contribution in [0.3, 0.4) is 0 Å². The zero-order chi connectivity index (χ0) is 23.5. The van der Waals surface area contributed by atoms with Crippen molar-refractivity contribution in [2.24, 2.45) is 34.8 Å². The van der Waals surface area contributed by atoms with Crippen molar-refractivity contribution in [2.75, 3.05) is 11.9 Å². The SMILES string of the molecule is N[C@H](C(=O)NCC1(c2ccc(Cl)cc2)CC1)C1C2CC3CC1C(C(=O)Nc1ccncc1)(C3)C2. The smallest absolute Gasteiger partial charge is 0.237 e. The van der Waals surface area contributed by atoms with Gasteiger partial charge in [-0.25, -0.2) is 0 Å². The fourth-order valence-electron chi connectivity index (χ4n) is 7.53. The van der Waals surface area contributed by atoms with Crippen LogP contribution in [0.4, 0.5) is 5.69 Å². The number of halogens is 1. The van der Waals surface area contributed by atoms with Gasteiger partial charge in [-0.05, 0) is 92.0 Å². The first-order valence-electron chi connectivity index (χ1n) is 12.4. The molecule has 6 atom stereocenters. The third kappa shape index (κ3) is 3.54. The number of nitrogens with one attached hydrogen (secondary N) is 2. The van der Waals surface area contributed by atoms with Gasteiger partial charge in [-0.1, -0.05) is 23.7 Å². The third-order valence-electron chi connectivity index (χ3n) is 9.24. The molecule has 4 N–H and O–H groups in total. The number of carbonyl (C=O) groups is 2. The largest absolute Gasteiger partial charge is 0.354 e. The summed E-state index contributed by atoms with van der Waals surface area (Å²) in [4.78, 5) is 30.8. The van der Waals surface area contributed by atoms with Crippen LogP contribution in [0.5, 0.6) is 0 Å². The van der Waals surface area contributed by atoms with Gasteiger partial charge in [-0.3, -0.25) is 14.6 Å². The van der Waals surface area contributed by atoms with E-state index in [0.717, 1.165) is 49.2 Å². The van der Waals surface area contributed by atoms with Crippen LogP contribution in [0.25, 0.3) is 0 Å². The minimum absolute atomic E-state index is 0.00124. The first-order chi connectivity index (χ1) is 16.4. The van der Waals surface area contributed by atoms with Crippen LogP contribution in [-0.2, 0) is 15.0 Å². The number of benzene rings is 1. The summed E-state index contributed by atoms with van der Waals surface area (Å²) in [7, 11) is 0. The lowest BCUT2D eigenvalue weighted by Gasteiger charge is -2.35. The quantitative estimate of drug-likeness (QED) is 0.562. The van der Waals surface area contributed by atoms with Crippen LogP contribution >= 0.6 is 11.6 Å². The molecule has 5 aliphatic rings. The molecule has 2 aromatic rings. The average Bonchev–Trinajstić information content (AvgIpc) is 3.54. The van der Waals surface area contributed by atoms with Crippen molar-refractivity contribution in [3.8, 4) is 0 Å². The van der Waals surface area contributed by atoms with Crippen molar-refractivity contribution in [1.82, 2.24) is 10.3 Å². The zero-order valence-electron chi connectivity index (χ0n) is 19.2. The Kier molecular flexibility index (Phi) is 5.23. The summed E-state index contributed by atoms with van der Waals surface area (Å²) in [5, 5.41) is 7.01. The highest BCUT2D eigenvalue weighted by atomic mass is 35.5. The molecule has 5 aliphatic carbocycles. The first kappa shape index (κ1) is 22.1. The van der Waals surface area contributed by atoms with E-state index in [0.29, 0.717) is 18.4 Å². The van der Waals surface area contributed by atoms with Gasteiger partial charge < -0.3 is 16.4 Å². The Morgan fingerprint density at radius 1 is 1.09 bits per heavy atom. The standard InChI is InChI=1S/C27H31ClN4O2/c28-19-3-1-18(2-4-19)26(7-8-26)15-31-24(33)23(29)22-17-11-16-12-21(22)27(13-16,14-17)25(34)32-20-5-9-30-10-6-20/h1-6,9-10,16-17,21-23H,7-8,11-15,29H2,(H,31,33)(H,30,32,34)/t16?,17?,21?,22?,23-,27?/m0/s1. The Bertz CT molecular complexity index is 1100. The van der Waals surface area contributed by atoms with E-state index in [1.54, 1.807) is 12.4 Å². The van der Waals surface area contributed by atoms with Gasteiger partial charge in [-0.2, -0.15) is 0 Å². The lowest BCUT2D eigenvalue weighted by atomic mass is 9.72. The van der Waals surface area contributed by atoms with Crippen LogP contribution in [-0.4, -0.2) is 29.4 Å². The summed E-state index contributed by atoms with van der Waals surface area (Å²) in [5.41, 5.74) is 8.23. The predicted molar refractivity (Wildman–Crippen MR) is 131 cm³/mol. The van der Waals surface area contributed by atoms with E-state index < -0.39 is 11.5 Å². The number of nitrogens with zero attached hydrogens (tertiary/aromatic N) is 1. The van der Waals surface area contributed by atoms with Crippen molar-refractivity contribution < 1.29 is 9.59 Å². The molecule has 7 rings (SSSR count). The molecule has 5 fully saturated rings. The molecule has 4 bridgehead atoms. The van der Waals surface area contributed by atoms with Crippen molar-refractivity contribution in [1.29, 1.82) is 0 Å². The minimum Gasteiger partial charge on any atom is -0.354 e. The van der Waals surface area contributed by atoms with Gasteiger partial charge in [0.25, 0.3) is 0 Å². The predicted octanol–water partition coefficient (Wildman–Crippen LogP) is 3.90. The second kappa shape index (κ2) is 8.06. The maximum Gasteiger partial charge on any atom is 0.237 e. The Labute approximate surface area is 205 Å². The monoisotopic (exact) mass is 478 g/mol. The summed E-state index contributed by atoms with van der Waals surface area (Å²) in [6.07, 6.45) is 9.32. The Hall–Kier alpha value is -2.44. The van der Waals surface area contributed by atoms with Gasteiger partial charge in [0.1, 0.15) is 0 Å². The average molecular weight is 479 g/mol. The third-order valence-corrected chi connectivity index (χ3v) is 9.49. The van der Waals surface area contributed by atoms with E-state index in [-0.39, 0.29) is 29.1 Å². The van der Waals surface area contributed by atoms with E-state index in [2.05, 4.69) is 27.8 Å². The molecule has 1 aromatic heterocycles. The molecule has 0 saturated heterocycles. The van der Waals surface area contributed by atoms with Gasteiger partial charge in [0, 0.05) is 35.1 Å². The molecular formula is C27H31ClN4O2. The van der Waals surface area contributed by atoms with E-state index in [4.69, 9.17) is 17.3 Å². The van der Waals surface area contributed by atoms with E-state index in [1.807, 2.05) is 24.3 Å².